The number of fused-ring (bicyclic) bond motifs is 1. The number of carbonyl (C=O) groups excluding carboxylic acids is 1. The molecular formula is C18H23N5O2. The maximum atomic E-state index is 12.7. The van der Waals surface area contributed by atoms with Gasteiger partial charge in [0.15, 0.2) is 5.82 Å². The fraction of sp³-hybridized carbons (Fsp3) is 0.500. The van der Waals surface area contributed by atoms with E-state index in [0.717, 1.165) is 61.7 Å². The van der Waals surface area contributed by atoms with Gasteiger partial charge < -0.3 is 19.5 Å². The first kappa shape index (κ1) is 15.9. The van der Waals surface area contributed by atoms with E-state index in [1.165, 1.54) is 0 Å². The lowest BCUT2D eigenvalue weighted by atomic mass is 10.0. The van der Waals surface area contributed by atoms with Crippen molar-refractivity contribution in [1.82, 2.24) is 25.0 Å². The first-order valence-electron chi connectivity index (χ1n) is 8.85. The number of carbonyl (C=O) groups is 1. The van der Waals surface area contributed by atoms with E-state index < -0.39 is 0 Å². The number of aryl methyl sites for hydroxylation is 1. The second kappa shape index (κ2) is 6.74. The summed E-state index contributed by atoms with van der Waals surface area (Å²) in [7, 11) is 1.66. The van der Waals surface area contributed by atoms with Crippen molar-refractivity contribution in [1.29, 1.82) is 0 Å². The van der Waals surface area contributed by atoms with Gasteiger partial charge in [-0.15, -0.1) is 10.2 Å². The van der Waals surface area contributed by atoms with Crippen molar-refractivity contribution in [3.05, 3.63) is 41.5 Å². The molecule has 0 spiro atoms. The monoisotopic (exact) mass is 341 g/mol. The summed E-state index contributed by atoms with van der Waals surface area (Å²) >= 11 is 0. The Bertz CT molecular complexity index is 755. The summed E-state index contributed by atoms with van der Waals surface area (Å²) in [5, 5.41) is 11.4. The minimum Gasteiger partial charge on any atom is -0.497 e. The van der Waals surface area contributed by atoms with Crippen molar-refractivity contribution in [3.63, 3.8) is 0 Å². The van der Waals surface area contributed by atoms with Gasteiger partial charge in [0.1, 0.15) is 11.6 Å². The molecule has 2 aliphatic heterocycles. The molecule has 1 aromatic carbocycles. The van der Waals surface area contributed by atoms with E-state index >= 15 is 0 Å². The second-order valence-electron chi connectivity index (χ2n) is 6.57. The molecule has 0 radical (unpaired) electrons. The molecule has 2 aliphatic rings. The van der Waals surface area contributed by atoms with E-state index in [9.17, 15) is 4.79 Å². The first-order chi connectivity index (χ1) is 12.3. The number of nitrogens with one attached hydrogen (secondary N) is 1. The highest BCUT2D eigenvalue weighted by atomic mass is 16.5. The third kappa shape index (κ3) is 3.06. The van der Waals surface area contributed by atoms with Gasteiger partial charge >= 0.3 is 6.03 Å². The van der Waals surface area contributed by atoms with Gasteiger partial charge in [-0.1, -0.05) is 12.1 Å². The quantitative estimate of drug-likeness (QED) is 0.926. The van der Waals surface area contributed by atoms with Crippen molar-refractivity contribution in [2.45, 2.75) is 44.8 Å². The van der Waals surface area contributed by atoms with Crippen LogP contribution in [0.25, 0.3) is 0 Å². The number of methoxy groups -OCH3 is 1. The Labute approximate surface area is 147 Å². The van der Waals surface area contributed by atoms with E-state index in [1.807, 2.05) is 29.2 Å². The Morgan fingerprint density at radius 2 is 2.08 bits per heavy atom. The van der Waals surface area contributed by atoms with Crippen LogP contribution >= 0.6 is 0 Å². The predicted octanol–water partition coefficient (Wildman–Crippen LogP) is 2.28. The van der Waals surface area contributed by atoms with Gasteiger partial charge in [-0.3, -0.25) is 0 Å². The van der Waals surface area contributed by atoms with Gasteiger partial charge in [0, 0.05) is 19.5 Å². The summed E-state index contributed by atoms with van der Waals surface area (Å²) in [5.41, 5.74) is 1.15. The van der Waals surface area contributed by atoms with Crippen LogP contribution in [-0.2, 0) is 19.5 Å². The summed E-state index contributed by atoms with van der Waals surface area (Å²) in [5.74, 6) is 2.71. The Morgan fingerprint density at radius 3 is 2.88 bits per heavy atom. The van der Waals surface area contributed by atoms with Crippen LogP contribution in [0.4, 0.5) is 4.79 Å². The molecule has 132 valence electrons. The Kier molecular flexibility index (Phi) is 4.29. The van der Waals surface area contributed by atoms with Gasteiger partial charge in [0.2, 0.25) is 0 Å². The molecule has 3 heterocycles. The number of likely N-dealkylation sites (tertiary alicyclic amines) is 1. The predicted molar refractivity (Wildman–Crippen MR) is 92.3 cm³/mol. The number of nitrogens with zero attached hydrogens (tertiary/aromatic N) is 4. The number of rotatable bonds is 4. The van der Waals surface area contributed by atoms with Crippen LogP contribution in [0.2, 0.25) is 0 Å². The average molecular weight is 341 g/mol. The Balaban J connectivity index is 1.41. The highest BCUT2D eigenvalue weighted by Gasteiger charge is 2.30. The third-order valence-corrected chi connectivity index (χ3v) is 5.10. The molecular weight excluding hydrogens is 318 g/mol. The van der Waals surface area contributed by atoms with Crippen LogP contribution in [0.5, 0.6) is 5.75 Å². The van der Waals surface area contributed by atoms with E-state index in [-0.39, 0.29) is 12.1 Å². The lowest BCUT2D eigenvalue weighted by Crippen LogP contribution is -2.39. The van der Waals surface area contributed by atoms with Gasteiger partial charge in [0.25, 0.3) is 0 Å². The minimum absolute atomic E-state index is 0.0336. The normalized spacial score (nSPS) is 19.1. The summed E-state index contributed by atoms with van der Waals surface area (Å²) in [4.78, 5) is 14.6. The molecule has 7 heteroatoms. The first-order valence-corrected chi connectivity index (χ1v) is 8.85. The standard InChI is InChI=1S/C18H23N5O2/c1-25-14-8-6-13(7-9-14)15-4-2-10-22(15)18(24)19-12-17-21-20-16-5-3-11-23(16)17/h6-9,15H,2-5,10-12H2,1H3,(H,19,24)/t15-/m1/s1. The molecule has 1 aromatic heterocycles. The fourth-order valence-electron chi connectivity index (χ4n) is 3.78. The number of amides is 2. The van der Waals surface area contributed by atoms with Gasteiger partial charge in [-0.2, -0.15) is 0 Å². The Morgan fingerprint density at radius 1 is 1.24 bits per heavy atom. The third-order valence-electron chi connectivity index (χ3n) is 5.10. The topological polar surface area (TPSA) is 72.3 Å². The average Bonchev–Trinajstić information content (AvgIpc) is 3.36. The largest absolute Gasteiger partial charge is 0.497 e. The summed E-state index contributed by atoms with van der Waals surface area (Å²) in [6.45, 7) is 2.16. The zero-order valence-corrected chi connectivity index (χ0v) is 14.4. The zero-order chi connectivity index (χ0) is 17.2. The Hall–Kier alpha value is -2.57. The van der Waals surface area contributed by atoms with Crippen LogP contribution in [-0.4, -0.2) is 39.4 Å². The molecule has 1 saturated heterocycles. The molecule has 25 heavy (non-hydrogen) atoms. The fourth-order valence-corrected chi connectivity index (χ4v) is 3.78. The maximum Gasteiger partial charge on any atom is 0.318 e. The highest BCUT2D eigenvalue weighted by molar-refractivity contribution is 5.75. The van der Waals surface area contributed by atoms with E-state index in [2.05, 4.69) is 20.1 Å². The number of ether oxygens (including phenoxy) is 1. The van der Waals surface area contributed by atoms with Crippen LogP contribution in [0, 0.1) is 0 Å². The summed E-state index contributed by atoms with van der Waals surface area (Å²) in [6, 6.07) is 8.07. The van der Waals surface area contributed by atoms with Crippen LogP contribution < -0.4 is 10.1 Å². The van der Waals surface area contributed by atoms with Gasteiger partial charge in [-0.25, -0.2) is 4.79 Å². The molecule has 0 aliphatic carbocycles. The van der Waals surface area contributed by atoms with Crippen molar-refractivity contribution >= 4 is 6.03 Å². The molecule has 2 aromatic rings. The lowest BCUT2D eigenvalue weighted by Gasteiger charge is -2.25. The lowest BCUT2D eigenvalue weighted by molar-refractivity contribution is 0.192. The molecule has 1 N–H and O–H groups in total. The molecule has 4 rings (SSSR count). The number of hydrogen-bond donors (Lipinski definition) is 1. The maximum absolute atomic E-state index is 12.7. The van der Waals surface area contributed by atoms with Crippen LogP contribution in [0.1, 0.15) is 42.5 Å². The SMILES string of the molecule is COc1ccc([C@H]2CCCN2C(=O)NCc2nnc3n2CCC3)cc1. The van der Waals surface area contributed by atoms with Crippen LogP contribution in [0.15, 0.2) is 24.3 Å². The molecule has 2 amide bonds. The van der Waals surface area contributed by atoms with Crippen molar-refractivity contribution in [2.75, 3.05) is 13.7 Å². The molecule has 0 unspecified atom stereocenters. The number of aromatic nitrogens is 3. The van der Waals surface area contributed by atoms with Crippen molar-refractivity contribution < 1.29 is 9.53 Å². The number of urea groups is 1. The molecule has 1 atom stereocenters. The number of hydrogen-bond acceptors (Lipinski definition) is 4. The van der Waals surface area contributed by atoms with Gasteiger partial charge in [-0.05, 0) is 37.0 Å². The molecule has 7 nitrogen and oxygen atoms in total. The summed E-state index contributed by atoms with van der Waals surface area (Å²) in [6.07, 6.45) is 4.09. The smallest absolute Gasteiger partial charge is 0.318 e. The molecule has 1 fully saturated rings. The van der Waals surface area contributed by atoms with Crippen molar-refractivity contribution in [3.8, 4) is 5.75 Å². The van der Waals surface area contributed by atoms with Crippen LogP contribution in [0.3, 0.4) is 0 Å². The summed E-state index contributed by atoms with van der Waals surface area (Å²) < 4.78 is 7.33. The van der Waals surface area contributed by atoms with Crippen molar-refractivity contribution in [2.24, 2.45) is 0 Å². The highest BCUT2D eigenvalue weighted by Crippen LogP contribution is 2.32. The second-order valence-corrected chi connectivity index (χ2v) is 6.57. The van der Waals surface area contributed by atoms with E-state index in [0.29, 0.717) is 6.54 Å². The molecule has 0 saturated carbocycles. The number of benzene rings is 1. The molecule has 0 bridgehead atoms. The zero-order valence-electron chi connectivity index (χ0n) is 14.4. The minimum atomic E-state index is -0.0336. The van der Waals surface area contributed by atoms with E-state index in [1.54, 1.807) is 7.11 Å². The van der Waals surface area contributed by atoms with Gasteiger partial charge in [0.05, 0.1) is 19.7 Å². The van der Waals surface area contributed by atoms with E-state index in [4.69, 9.17) is 4.74 Å².